The maximum atomic E-state index is 12.4. The predicted octanol–water partition coefficient (Wildman–Crippen LogP) is 3.09. The monoisotopic (exact) mass is 302 g/mol. The third-order valence-corrected chi connectivity index (χ3v) is 3.89. The maximum Gasteiger partial charge on any atom is 0.227 e. The van der Waals surface area contributed by atoms with Gasteiger partial charge in [-0.25, -0.2) is 4.98 Å². The third-order valence-electron chi connectivity index (χ3n) is 3.64. The quantitative estimate of drug-likeness (QED) is 0.948. The van der Waals surface area contributed by atoms with Crippen LogP contribution in [0.3, 0.4) is 0 Å². The molecule has 5 heteroatoms. The largest absolute Gasteiger partial charge is 0.475 e. The van der Waals surface area contributed by atoms with E-state index in [2.05, 4.69) is 10.3 Å². The Labute approximate surface area is 128 Å². The lowest BCUT2D eigenvalue weighted by Crippen LogP contribution is -2.32. The first-order valence-electron chi connectivity index (χ1n) is 6.78. The van der Waals surface area contributed by atoms with Gasteiger partial charge in [0.15, 0.2) is 0 Å². The number of ether oxygens (including phenoxy) is 1. The van der Waals surface area contributed by atoms with E-state index in [-0.39, 0.29) is 17.9 Å². The van der Waals surface area contributed by atoms with Crippen LogP contribution in [0.4, 0.5) is 0 Å². The van der Waals surface area contributed by atoms with Gasteiger partial charge < -0.3 is 10.1 Å². The van der Waals surface area contributed by atoms with Crippen LogP contribution in [0.5, 0.6) is 5.88 Å². The van der Waals surface area contributed by atoms with Crippen molar-refractivity contribution in [3.05, 3.63) is 58.7 Å². The highest BCUT2D eigenvalue weighted by molar-refractivity contribution is 6.30. The van der Waals surface area contributed by atoms with Crippen molar-refractivity contribution >= 4 is 17.5 Å². The molecule has 2 aromatic rings. The zero-order chi connectivity index (χ0) is 14.8. The topological polar surface area (TPSA) is 51.2 Å². The van der Waals surface area contributed by atoms with Gasteiger partial charge in [-0.05, 0) is 36.8 Å². The number of carbonyl (C=O) groups excluding carboxylic acids is 1. The van der Waals surface area contributed by atoms with Gasteiger partial charge in [0, 0.05) is 16.8 Å². The number of amides is 1. The van der Waals surface area contributed by atoms with Crippen LogP contribution in [0.15, 0.2) is 42.6 Å². The van der Waals surface area contributed by atoms with Crippen molar-refractivity contribution in [2.45, 2.75) is 18.9 Å². The molecule has 1 N–H and O–H groups in total. The van der Waals surface area contributed by atoms with Gasteiger partial charge in [-0.1, -0.05) is 23.7 Å². The molecule has 0 radical (unpaired) electrons. The van der Waals surface area contributed by atoms with Gasteiger partial charge in [0.25, 0.3) is 0 Å². The van der Waals surface area contributed by atoms with Crippen molar-refractivity contribution in [1.29, 1.82) is 0 Å². The van der Waals surface area contributed by atoms with E-state index in [4.69, 9.17) is 16.3 Å². The summed E-state index contributed by atoms with van der Waals surface area (Å²) in [6.45, 7) is 2.30. The average molecular weight is 303 g/mol. The van der Waals surface area contributed by atoms with Gasteiger partial charge in [-0.2, -0.15) is 0 Å². The number of carbonyl (C=O) groups is 1. The minimum Gasteiger partial charge on any atom is -0.475 e. The van der Waals surface area contributed by atoms with Crippen LogP contribution >= 0.6 is 11.6 Å². The van der Waals surface area contributed by atoms with Crippen molar-refractivity contribution < 1.29 is 9.53 Å². The van der Waals surface area contributed by atoms with Crippen LogP contribution < -0.4 is 10.1 Å². The Hall–Kier alpha value is -2.07. The normalized spacial score (nSPS) is 17.7. The van der Waals surface area contributed by atoms with Crippen LogP contribution in [-0.4, -0.2) is 17.5 Å². The van der Waals surface area contributed by atoms with E-state index in [0.29, 0.717) is 17.5 Å². The Bertz CT molecular complexity index is 658. The molecule has 0 aliphatic carbocycles. The van der Waals surface area contributed by atoms with E-state index in [1.54, 1.807) is 18.3 Å². The number of nitrogens with zero attached hydrogens (tertiary/aromatic N) is 1. The molecular formula is C16H15ClN2O2. The molecule has 0 bridgehead atoms. The highest BCUT2D eigenvalue weighted by Gasteiger charge is 2.28. The van der Waals surface area contributed by atoms with Crippen LogP contribution in [0.2, 0.25) is 5.02 Å². The summed E-state index contributed by atoms with van der Waals surface area (Å²) >= 11 is 5.87. The molecule has 0 fully saturated rings. The number of aromatic nitrogens is 1. The summed E-state index contributed by atoms with van der Waals surface area (Å²) in [5.74, 6) is 0.313. The number of halogens is 1. The molecule has 0 spiro atoms. The smallest absolute Gasteiger partial charge is 0.227 e. The molecule has 0 saturated carbocycles. The second kappa shape index (κ2) is 5.74. The van der Waals surface area contributed by atoms with Crippen LogP contribution in [0.25, 0.3) is 0 Å². The van der Waals surface area contributed by atoms with E-state index < -0.39 is 0 Å². The zero-order valence-corrected chi connectivity index (χ0v) is 12.3. The van der Waals surface area contributed by atoms with E-state index in [1.807, 2.05) is 31.2 Å². The number of nitrogens with one attached hydrogen (secondary N) is 1. The lowest BCUT2D eigenvalue weighted by atomic mass is 9.99. The second-order valence-electron chi connectivity index (χ2n) is 5.04. The van der Waals surface area contributed by atoms with Gasteiger partial charge in [0.1, 0.15) is 6.61 Å². The number of rotatable bonds is 3. The number of fused-ring (bicyclic) bond motifs is 1. The Morgan fingerprint density at radius 3 is 2.90 bits per heavy atom. The lowest BCUT2D eigenvalue weighted by molar-refractivity contribution is -0.123. The number of benzene rings is 1. The van der Waals surface area contributed by atoms with Gasteiger partial charge in [-0.3, -0.25) is 4.79 Å². The first-order chi connectivity index (χ1) is 10.1. The maximum absolute atomic E-state index is 12.4. The lowest BCUT2D eigenvalue weighted by Gasteiger charge is -2.16. The molecule has 108 valence electrons. The molecule has 1 aromatic heterocycles. The first-order valence-corrected chi connectivity index (χ1v) is 7.16. The van der Waals surface area contributed by atoms with E-state index in [1.165, 1.54) is 0 Å². The molecule has 2 heterocycles. The van der Waals surface area contributed by atoms with E-state index in [9.17, 15) is 4.79 Å². The Morgan fingerprint density at radius 1 is 1.38 bits per heavy atom. The minimum absolute atomic E-state index is 0.0392. The second-order valence-corrected chi connectivity index (χ2v) is 5.48. The Balaban J connectivity index is 1.71. The summed E-state index contributed by atoms with van der Waals surface area (Å²) in [7, 11) is 0. The fourth-order valence-electron chi connectivity index (χ4n) is 2.36. The van der Waals surface area contributed by atoms with Gasteiger partial charge in [0.2, 0.25) is 11.8 Å². The molecular weight excluding hydrogens is 288 g/mol. The standard InChI is InChI=1S/C16H15ClN2O2/c1-10(11-4-6-12(17)7-5-11)15(20)19-14-9-21-16-13(14)3-2-8-18-16/h2-8,10,14H,9H2,1H3,(H,19,20). The molecule has 1 amide bonds. The molecule has 1 aromatic carbocycles. The highest BCUT2D eigenvalue weighted by Crippen LogP contribution is 2.30. The van der Waals surface area contributed by atoms with E-state index in [0.717, 1.165) is 11.1 Å². The highest BCUT2D eigenvalue weighted by atomic mass is 35.5. The van der Waals surface area contributed by atoms with Crippen LogP contribution in [-0.2, 0) is 4.79 Å². The number of pyridine rings is 1. The Kier molecular flexibility index (Phi) is 3.80. The van der Waals surface area contributed by atoms with Crippen LogP contribution in [0, 0.1) is 0 Å². The molecule has 4 nitrogen and oxygen atoms in total. The van der Waals surface area contributed by atoms with Gasteiger partial charge >= 0.3 is 0 Å². The van der Waals surface area contributed by atoms with Crippen molar-refractivity contribution in [3.63, 3.8) is 0 Å². The fraction of sp³-hybridized carbons (Fsp3) is 0.250. The molecule has 1 aliphatic heterocycles. The minimum atomic E-state index is -0.247. The molecule has 2 unspecified atom stereocenters. The van der Waals surface area contributed by atoms with Gasteiger partial charge in [-0.15, -0.1) is 0 Å². The SMILES string of the molecule is CC(C(=O)NC1COc2ncccc21)c1ccc(Cl)cc1. The summed E-state index contributed by atoms with van der Waals surface area (Å²) in [6, 6.07) is 10.9. The summed E-state index contributed by atoms with van der Waals surface area (Å²) in [5, 5.41) is 3.67. The Morgan fingerprint density at radius 2 is 2.14 bits per heavy atom. The van der Waals surface area contributed by atoms with Crippen molar-refractivity contribution in [3.8, 4) is 5.88 Å². The van der Waals surface area contributed by atoms with Crippen LogP contribution in [0.1, 0.15) is 30.0 Å². The molecule has 21 heavy (non-hydrogen) atoms. The molecule has 0 saturated heterocycles. The predicted molar refractivity (Wildman–Crippen MR) is 80.5 cm³/mol. The van der Waals surface area contributed by atoms with Crippen molar-refractivity contribution in [2.24, 2.45) is 0 Å². The third kappa shape index (κ3) is 2.85. The van der Waals surface area contributed by atoms with E-state index >= 15 is 0 Å². The zero-order valence-electron chi connectivity index (χ0n) is 11.5. The summed E-state index contributed by atoms with van der Waals surface area (Å²) in [6.07, 6.45) is 1.68. The number of hydrogen-bond donors (Lipinski definition) is 1. The summed E-state index contributed by atoms with van der Waals surface area (Å²) in [5.41, 5.74) is 1.86. The van der Waals surface area contributed by atoms with Gasteiger partial charge in [0.05, 0.1) is 12.0 Å². The molecule has 2 atom stereocenters. The fourth-order valence-corrected chi connectivity index (χ4v) is 2.49. The molecule has 3 rings (SSSR count). The summed E-state index contributed by atoms with van der Waals surface area (Å²) < 4.78 is 5.47. The summed E-state index contributed by atoms with van der Waals surface area (Å²) in [4.78, 5) is 16.5. The van der Waals surface area contributed by atoms with Crippen molar-refractivity contribution in [2.75, 3.05) is 6.61 Å². The molecule has 1 aliphatic rings. The van der Waals surface area contributed by atoms with Crippen molar-refractivity contribution in [1.82, 2.24) is 10.3 Å². The first kappa shape index (κ1) is 13.9. The average Bonchev–Trinajstić information content (AvgIpc) is 2.91. The number of hydrogen-bond acceptors (Lipinski definition) is 3.